The molecule has 20 heavy (non-hydrogen) atoms. The highest BCUT2D eigenvalue weighted by Crippen LogP contribution is 2.28. The van der Waals surface area contributed by atoms with Gasteiger partial charge in [0.2, 0.25) is 0 Å². The number of carbonyl (C=O) groups is 1. The molecule has 1 fully saturated rings. The number of ether oxygens (including phenoxy) is 1. The molecule has 0 atom stereocenters. The molecule has 0 aromatic heterocycles. The summed E-state index contributed by atoms with van der Waals surface area (Å²) in [4.78, 5) is 12.1. The number of rotatable bonds is 4. The second-order valence-corrected chi connectivity index (χ2v) is 5.98. The number of hydrogen-bond acceptors (Lipinski definition) is 3. The van der Waals surface area contributed by atoms with Gasteiger partial charge in [-0.25, -0.2) is 0 Å². The lowest BCUT2D eigenvalue weighted by Crippen LogP contribution is -2.18. The maximum atomic E-state index is 12.1. The molecule has 2 nitrogen and oxygen atoms in total. The van der Waals surface area contributed by atoms with Crippen LogP contribution in [0, 0.1) is 5.92 Å². The number of alkyl halides is 3. The van der Waals surface area contributed by atoms with Crippen LogP contribution in [-0.4, -0.2) is 23.7 Å². The Morgan fingerprint density at radius 3 is 2.65 bits per heavy atom. The summed E-state index contributed by atoms with van der Waals surface area (Å²) in [6.45, 7) is 0. The Kier molecular flexibility index (Phi) is 4.96. The number of Topliss-reactive ketones (excluding diaryl/α,β-unsaturated/α-hetero) is 1. The van der Waals surface area contributed by atoms with Crippen LogP contribution in [0.2, 0.25) is 0 Å². The summed E-state index contributed by atoms with van der Waals surface area (Å²) in [6.07, 6.45) is -2.34. The fourth-order valence-electron chi connectivity index (χ4n) is 2.20. The zero-order valence-corrected chi connectivity index (χ0v) is 11.6. The van der Waals surface area contributed by atoms with Crippen LogP contribution in [0.5, 0.6) is 5.75 Å². The minimum atomic E-state index is -4.73. The predicted molar refractivity (Wildman–Crippen MR) is 72.1 cm³/mol. The molecule has 1 aromatic carbocycles. The maximum Gasteiger partial charge on any atom is 0.573 e. The maximum absolute atomic E-state index is 12.1. The molecule has 0 radical (unpaired) electrons. The van der Waals surface area contributed by atoms with Gasteiger partial charge in [0.05, 0.1) is 0 Å². The van der Waals surface area contributed by atoms with Gasteiger partial charge >= 0.3 is 6.36 Å². The highest BCUT2D eigenvalue weighted by Gasteiger charge is 2.31. The molecular weight excluding hydrogens is 289 g/mol. The number of benzene rings is 1. The van der Waals surface area contributed by atoms with Gasteiger partial charge < -0.3 is 4.74 Å². The van der Waals surface area contributed by atoms with E-state index < -0.39 is 6.36 Å². The number of ketones is 1. The summed E-state index contributed by atoms with van der Waals surface area (Å²) in [5.74, 6) is 1.98. The third-order valence-electron chi connectivity index (χ3n) is 3.20. The molecule has 0 unspecified atom stereocenters. The van der Waals surface area contributed by atoms with Crippen LogP contribution in [0.25, 0.3) is 0 Å². The second-order valence-electron chi connectivity index (χ2n) is 4.76. The van der Waals surface area contributed by atoms with Gasteiger partial charge in [-0.15, -0.1) is 13.2 Å². The molecule has 1 heterocycles. The monoisotopic (exact) mass is 304 g/mol. The number of halogens is 3. The largest absolute Gasteiger partial charge is 0.573 e. The van der Waals surface area contributed by atoms with Crippen LogP contribution < -0.4 is 4.74 Å². The van der Waals surface area contributed by atoms with E-state index in [0.717, 1.165) is 30.4 Å². The molecule has 0 bridgehead atoms. The van der Waals surface area contributed by atoms with Crippen molar-refractivity contribution in [2.45, 2.75) is 25.6 Å². The highest BCUT2D eigenvalue weighted by molar-refractivity contribution is 7.99. The second kappa shape index (κ2) is 6.52. The fourth-order valence-corrected chi connectivity index (χ4v) is 3.40. The zero-order valence-electron chi connectivity index (χ0n) is 10.8. The van der Waals surface area contributed by atoms with Gasteiger partial charge in [0.25, 0.3) is 0 Å². The minimum absolute atomic E-state index is 0.116. The average Bonchev–Trinajstić information content (AvgIpc) is 2.38. The van der Waals surface area contributed by atoms with Crippen LogP contribution in [-0.2, 0) is 0 Å². The van der Waals surface area contributed by atoms with E-state index in [9.17, 15) is 18.0 Å². The molecule has 6 heteroatoms. The zero-order chi connectivity index (χ0) is 14.6. The van der Waals surface area contributed by atoms with Gasteiger partial charge in [0.15, 0.2) is 5.78 Å². The lowest BCUT2D eigenvalue weighted by molar-refractivity contribution is -0.274. The lowest BCUT2D eigenvalue weighted by Gasteiger charge is -2.20. The highest BCUT2D eigenvalue weighted by atomic mass is 32.2. The molecule has 0 saturated carbocycles. The number of hydrogen-bond donors (Lipinski definition) is 0. The molecule has 1 saturated heterocycles. The quantitative estimate of drug-likeness (QED) is 0.776. The van der Waals surface area contributed by atoms with Crippen molar-refractivity contribution in [3.63, 3.8) is 0 Å². The van der Waals surface area contributed by atoms with E-state index >= 15 is 0 Å². The van der Waals surface area contributed by atoms with Crippen LogP contribution in [0.1, 0.15) is 29.6 Å². The van der Waals surface area contributed by atoms with Gasteiger partial charge in [0.1, 0.15) is 5.75 Å². The molecule has 1 aromatic rings. The molecule has 1 aliphatic heterocycles. The molecule has 2 rings (SSSR count). The van der Waals surface area contributed by atoms with Crippen molar-refractivity contribution in [2.24, 2.45) is 5.92 Å². The molecule has 0 spiro atoms. The van der Waals surface area contributed by atoms with Gasteiger partial charge in [-0.05, 0) is 42.4 Å². The van der Waals surface area contributed by atoms with Crippen molar-refractivity contribution in [3.05, 3.63) is 29.8 Å². The van der Waals surface area contributed by atoms with Crippen LogP contribution in [0.3, 0.4) is 0 Å². The van der Waals surface area contributed by atoms with Crippen molar-refractivity contribution in [3.8, 4) is 5.75 Å². The van der Waals surface area contributed by atoms with Crippen molar-refractivity contribution >= 4 is 17.5 Å². The third-order valence-corrected chi connectivity index (χ3v) is 4.25. The van der Waals surface area contributed by atoms with E-state index in [2.05, 4.69) is 4.74 Å². The Hall–Kier alpha value is -1.17. The molecule has 0 aliphatic carbocycles. The first-order valence-electron chi connectivity index (χ1n) is 6.41. The Bertz CT molecular complexity index is 468. The Balaban J connectivity index is 2.00. The fraction of sp³-hybridized carbons (Fsp3) is 0.500. The van der Waals surface area contributed by atoms with E-state index in [1.165, 1.54) is 18.2 Å². The lowest BCUT2D eigenvalue weighted by atomic mass is 9.93. The smallest absolute Gasteiger partial charge is 0.406 e. The van der Waals surface area contributed by atoms with E-state index in [0.29, 0.717) is 12.3 Å². The third kappa shape index (κ3) is 4.74. The summed E-state index contributed by atoms with van der Waals surface area (Å²) in [6, 6.07) is 5.29. The molecule has 110 valence electrons. The summed E-state index contributed by atoms with van der Waals surface area (Å²) in [7, 11) is 0. The molecule has 0 amide bonds. The van der Waals surface area contributed by atoms with Gasteiger partial charge in [-0.2, -0.15) is 11.8 Å². The molecule has 1 aliphatic rings. The summed E-state index contributed by atoms with van der Waals surface area (Å²) >= 11 is 1.87. The number of carbonyl (C=O) groups excluding carboxylic acids is 1. The van der Waals surface area contributed by atoms with E-state index in [1.54, 1.807) is 0 Å². The van der Waals surface area contributed by atoms with E-state index in [1.807, 2.05) is 11.8 Å². The average molecular weight is 304 g/mol. The van der Waals surface area contributed by atoms with Crippen LogP contribution in [0.4, 0.5) is 13.2 Å². The van der Waals surface area contributed by atoms with Gasteiger partial charge in [0, 0.05) is 12.0 Å². The number of thioether (sulfide) groups is 1. The Labute approximate surface area is 119 Å². The topological polar surface area (TPSA) is 26.3 Å². The SMILES string of the molecule is O=C(CC1CCSCC1)c1cccc(OC(F)(F)F)c1. The van der Waals surface area contributed by atoms with E-state index in [-0.39, 0.29) is 17.1 Å². The standard InChI is InChI=1S/C14H15F3O2S/c15-14(16,17)19-12-3-1-2-11(9-12)13(18)8-10-4-6-20-7-5-10/h1-3,9-10H,4-8H2. The van der Waals surface area contributed by atoms with Crippen LogP contribution in [0.15, 0.2) is 24.3 Å². The first-order chi connectivity index (χ1) is 9.44. The first kappa shape index (κ1) is 15.2. The van der Waals surface area contributed by atoms with Crippen LogP contribution >= 0.6 is 11.8 Å². The Morgan fingerprint density at radius 2 is 2.00 bits per heavy atom. The summed E-state index contributed by atoms with van der Waals surface area (Å²) in [5, 5.41) is 0. The molecule has 0 N–H and O–H groups in total. The van der Waals surface area contributed by atoms with Crippen molar-refractivity contribution < 1.29 is 22.7 Å². The van der Waals surface area contributed by atoms with Crippen molar-refractivity contribution in [2.75, 3.05) is 11.5 Å². The van der Waals surface area contributed by atoms with Crippen molar-refractivity contribution in [1.82, 2.24) is 0 Å². The van der Waals surface area contributed by atoms with Crippen molar-refractivity contribution in [1.29, 1.82) is 0 Å². The Morgan fingerprint density at radius 1 is 1.30 bits per heavy atom. The minimum Gasteiger partial charge on any atom is -0.406 e. The van der Waals surface area contributed by atoms with E-state index in [4.69, 9.17) is 0 Å². The predicted octanol–water partition coefficient (Wildman–Crippen LogP) is 4.30. The van der Waals surface area contributed by atoms with Gasteiger partial charge in [-0.3, -0.25) is 4.79 Å². The van der Waals surface area contributed by atoms with Gasteiger partial charge in [-0.1, -0.05) is 12.1 Å². The normalized spacial score (nSPS) is 16.9. The summed E-state index contributed by atoms with van der Waals surface area (Å²) < 4.78 is 40.2. The first-order valence-corrected chi connectivity index (χ1v) is 7.56. The molecular formula is C14H15F3O2S. The summed E-state index contributed by atoms with van der Waals surface area (Å²) in [5.41, 5.74) is 0.282.